The molecule has 0 fully saturated rings. The van der Waals surface area contributed by atoms with Crippen LogP contribution in [0.1, 0.15) is 12.0 Å². The Morgan fingerprint density at radius 2 is 2.12 bits per heavy atom. The molecule has 1 aliphatic heterocycles. The number of hydrogen-bond acceptors (Lipinski definition) is 5. The normalized spacial score (nSPS) is 13.9. The smallest absolute Gasteiger partial charge is 0.346 e. The number of aryl methyl sites for hydroxylation is 1. The summed E-state index contributed by atoms with van der Waals surface area (Å²) in [7, 11) is 1.73. The summed E-state index contributed by atoms with van der Waals surface area (Å²) in [6.07, 6.45) is 3.79. The highest BCUT2D eigenvalue weighted by Gasteiger charge is 2.16. The van der Waals surface area contributed by atoms with Crippen LogP contribution in [-0.2, 0) is 11.8 Å². The first-order chi connectivity index (χ1) is 11.6. The van der Waals surface area contributed by atoms with E-state index >= 15 is 0 Å². The lowest BCUT2D eigenvalue weighted by molar-refractivity contribution is -0.132. The number of nitrogens with zero attached hydrogens (tertiary/aromatic N) is 3. The highest BCUT2D eigenvalue weighted by Crippen LogP contribution is 2.35. The summed E-state index contributed by atoms with van der Waals surface area (Å²) in [4.78, 5) is 11.1. The second-order valence-electron chi connectivity index (χ2n) is 5.29. The van der Waals surface area contributed by atoms with Gasteiger partial charge in [0.1, 0.15) is 11.6 Å². The topological polar surface area (TPSA) is 97.4 Å². The van der Waals surface area contributed by atoms with Gasteiger partial charge in [0.2, 0.25) is 0 Å². The zero-order valence-electron chi connectivity index (χ0n) is 13.0. The fourth-order valence-corrected chi connectivity index (χ4v) is 2.44. The van der Waals surface area contributed by atoms with E-state index in [1.54, 1.807) is 30.1 Å². The van der Waals surface area contributed by atoms with Gasteiger partial charge in [-0.05, 0) is 24.3 Å². The first-order valence-corrected chi connectivity index (χ1v) is 7.37. The standard InChI is InChI=1S/C17H15N3O4/c1-20-10-13(7-12(9-18)17(21)22)16(19-20)11-3-4-14-15(8-11)24-6-2-5-23-14/h3-4,7-8,10H,2,5-6H2,1H3,(H,21,22). The van der Waals surface area contributed by atoms with Crippen LogP contribution < -0.4 is 9.47 Å². The van der Waals surface area contributed by atoms with Gasteiger partial charge in [-0.15, -0.1) is 0 Å². The van der Waals surface area contributed by atoms with Crippen molar-refractivity contribution in [3.63, 3.8) is 0 Å². The van der Waals surface area contributed by atoms with Crippen LogP contribution in [0.25, 0.3) is 17.3 Å². The van der Waals surface area contributed by atoms with E-state index in [1.165, 1.54) is 6.08 Å². The average Bonchev–Trinajstić information content (AvgIpc) is 2.78. The van der Waals surface area contributed by atoms with Crippen molar-refractivity contribution < 1.29 is 19.4 Å². The molecule has 0 unspecified atom stereocenters. The molecule has 0 saturated heterocycles. The molecule has 1 aromatic carbocycles. The lowest BCUT2D eigenvalue weighted by atomic mass is 10.1. The van der Waals surface area contributed by atoms with E-state index in [9.17, 15) is 4.79 Å². The molecule has 0 radical (unpaired) electrons. The molecule has 1 aromatic heterocycles. The molecule has 3 rings (SSSR count). The van der Waals surface area contributed by atoms with E-state index in [-0.39, 0.29) is 5.57 Å². The monoisotopic (exact) mass is 325 g/mol. The Morgan fingerprint density at radius 1 is 1.38 bits per heavy atom. The van der Waals surface area contributed by atoms with E-state index in [1.807, 2.05) is 12.1 Å². The Bertz CT molecular complexity index is 861. The van der Waals surface area contributed by atoms with Crippen LogP contribution in [0.3, 0.4) is 0 Å². The van der Waals surface area contributed by atoms with Gasteiger partial charge >= 0.3 is 5.97 Å². The van der Waals surface area contributed by atoms with Gasteiger partial charge in [0.25, 0.3) is 0 Å². The fraction of sp³-hybridized carbons (Fsp3) is 0.235. The Kier molecular flexibility index (Phi) is 4.20. The minimum atomic E-state index is -1.27. The molecular formula is C17H15N3O4. The summed E-state index contributed by atoms with van der Waals surface area (Å²) in [6.45, 7) is 1.18. The van der Waals surface area contributed by atoms with Gasteiger partial charge in [-0.3, -0.25) is 4.68 Å². The van der Waals surface area contributed by atoms with Crippen LogP contribution in [-0.4, -0.2) is 34.1 Å². The van der Waals surface area contributed by atoms with Crippen molar-refractivity contribution in [1.29, 1.82) is 5.26 Å². The van der Waals surface area contributed by atoms with Gasteiger partial charge < -0.3 is 14.6 Å². The molecule has 2 heterocycles. The molecule has 0 saturated carbocycles. The molecule has 0 spiro atoms. The number of aliphatic carboxylic acids is 1. The van der Waals surface area contributed by atoms with Crippen LogP contribution in [0.2, 0.25) is 0 Å². The number of benzene rings is 1. The van der Waals surface area contributed by atoms with Crippen LogP contribution in [0.5, 0.6) is 11.5 Å². The van der Waals surface area contributed by atoms with Gasteiger partial charge in [0.15, 0.2) is 11.5 Å². The van der Waals surface area contributed by atoms with Gasteiger partial charge in [0.05, 0.1) is 18.9 Å². The van der Waals surface area contributed by atoms with Gasteiger partial charge in [0, 0.05) is 30.8 Å². The molecule has 2 aromatic rings. The number of hydrogen-bond donors (Lipinski definition) is 1. The van der Waals surface area contributed by atoms with E-state index in [4.69, 9.17) is 19.8 Å². The first kappa shape index (κ1) is 15.6. The largest absolute Gasteiger partial charge is 0.490 e. The molecule has 1 N–H and O–H groups in total. The predicted octanol–water partition coefficient (Wildman–Crippen LogP) is 2.24. The lowest BCUT2D eigenvalue weighted by Gasteiger charge is -2.08. The number of nitriles is 1. The number of carboxylic acids is 1. The third-order valence-electron chi connectivity index (χ3n) is 3.53. The zero-order chi connectivity index (χ0) is 17.1. The highest BCUT2D eigenvalue weighted by atomic mass is 16.5. The van der Waals surface area contributed by atoms with Crippen molar-refractivity contribution in [3.8, 4) is 28.8 Å². The summed E-state index contributed by atoms with van der Waals surface area (Å²) in [5, 5.41) is 22.4. The van der Waals surface area contributed by atoms with Crippen molar-refractivity contribution in [1.82, 2.24) is 9.78 Å². The Hall–Kier alpha value is -3.27. The minimum absolute atomic E-state index is 0.349. The Labute approximate surface area is 138 Å². The second kappa shape index (κ2) is 6.46. The minimum Gasteiger partial charge on any atom is -0.490 e. The van der Waals surface area contributed by atoms with Crippen LogP contribution in [0.15, 0.2) is 30.0 Å². The van der Waals surface area contributed by atoms with Crippen molar-refractivity contribution >= 4 is 12.0 Å². The molecule has 24 heavy (non-hydrogen) atoms. The van der Waals surface area contributed by atoms with E-state index < -0.39 is 5.97 Å². The third-order valence-corrected chi connectivity index (χ3v) is 3.53. The molecule has 7 nitrogen and oxygen atoms in total. The number of carboxylic acid groups (broad SMARTS) is 1. The van der Waals surface area contributed by atoms with E-state index in [0.29, 0.717) is 36.0 Å². The number of fused-ring (bicyclic) bond motifs is 1. The van der Waals surface area contributed by atoms with E-state index in [0.717, 1.165) is 12.0 Å². The second-order valence-corrected chi connectivity index (χ2v) is 5.29. The molecule has 0 amide bonds. The summed E-state index contributed by atoms with van der Waals surface area (Å²) >= 11 is 0. The van der Waals surface area contributed by atoms with Gasteiger partial charge in [-0.25, -0.2) is 4.79 Å². The SMILES string of the molecule is Cn1cc(C=C(C#N)C(=O)O)c(-c2ccc3c(c2)OCCCO3)n1. The average molecular weight is 325 g/mol. The molecular weight excluding hydrogens is 310 g/mol. The first-order valence-electron chi connectivity index (χ1n) is 7.37. The lowest BCUT2D eigenvalue weighted by Crippen LogP contribution is -1.97. The van der Waals surface area contributed by atoms with Crippen molar-refractivity contribution in [3.05, 3.63) is 35.5 Å². The highest BCUT2D eigenvalue weighted by molar-refractivity contribution is 5.97. The maximum absolute atomic E-state index is 11.1. The van der Waals surface area contributed by atoms with Crippen molar-refractivity contribution in [2.45, 2.75) is 6.42 Å². The summed E-state index contributed by atoms with van der Waals surface area (Å²) < 4.78 is 12.9. The fourth-order valence-electron chi connectivity index (χ4n) is 2.44. The molecule has 0 aliphatic carbocycles. The molecule has 7 heteroatoms. The van der Waals surface area contributed by atoms with Crippen molar-refractivity contribution in [2.75, 3.05) is 13.2 Å². The number of ether oxygens (including phenoxy) is 2. The van der Waals surface area contributed by atoms with Crippen LogP contribution in [0, 0.1) is 11.3 Å². The van der Waals surface area contributed by atoms with Gasteiger partial charge in [-0.1, -0.05) is 0 Å². The Balaban J connectivity index is 2.06. The molecule has 122 valence electrons. The zero-order valence-corrected chi connectivity index (χ0v) is 13.0. The van der Waals surface area contributed by atoms with Crippen LogP contribution >= 0.6 is 0 Å². The quantitative estimate of drug-likeness (QED) is 0.686. The molecule has 0 bridgehead atoms. The van der Waals surface area contributed by atoms with E-state index in [2.05, 4.69) is 5.10 Å². The Morgan fingerprint density at radius 3 is 2.83 bits per heavy atom. The summed E-state index contributed by atoms with van der Waals surface area (Å²) in [5.74, 6) is 0.0304. The third kappa shape index (κ3) is 3.08. The molecule has 0 atom stereocenters. The number of aromatic nitrogens is 2. The predicted molar refractivity (Wildman–Crippen MR) is 85.5 cm³/mol. The van der Waals surface area contributed by atoms with Crippen molar-refractivity contribution in [2.24, 2.45) is 7.05 Å². The summed E-state index contributed by atoms with van der Waals surface area (Å²) in [6, 6.07) is 7.13. The van der Waals surface area contributed by atoms with Gasteiger partial charge in [-0.2, -0.15) is 10.4 Å². The maximum Gasteiger partial charge on any atom is 0.346 e. The number of rotatable bonds is 3. The number of carbonyl (C=O) groups is 1. The molecule has 1 aliphatic rings. The van der Waals surface area contributed by atoms with Crippen LogP contribution in [0.4, 0.5) is 0 Å². The summed E-state index contributed by atoms with van der Waals surface area (Å²) in [5.41, 5.74) is 1.53. The maximum atomic E-state index is 11.1.